The molecule has 0 unspecified atom stereocenters. The van der Waals surface area contributed by atoms with Gasteiger partial charge in [-0.05, 0) is 48.0 Å². The minimum atomic E-state index is -0.940. The highest BCUT2D eigenvalue weighted by Gasteiger charge is 2.64. The molecule has 3 aliphatic rings. The van der Waals surface area contributed by atoms with E-state index in [1.54, 1.807) is 42.5 Å². The summed E-state index contributed by atoms with van der Waals surface area (Å²) in [5.41, 5.74) is 3.29. The number of para-hydroxylation sites is 2. The highest BCUT2D eigenvalue weighted by atomic mass is 35.5. The van der Waals surface area contributed by atoms with Gasteiger partial charge in [-0.15, -0.1) is 5.10 Å². The number of carbonyl (C=O) groups is 3. The second kappa shape index (κ2) is 7.60. The number of fused-ring (bicyclic) bond motifs is 6. The van der Waals surface area contributed by atoms with Crippen molar-refractivity contribution in [3.8, 4) is 0 Å². The van der Waals surface area contributed by atoms with Gasteiger partial charge < -0.3 is 4.90 Å². The van der Waals surface area contributed by atoms with E-state index in [1.165, 1.54) is 9.58 Å². The van der Waals surface area contributed by atoms with Gasteiger partial charge in [0, 0.05) is 10.7 Å². The summed E-state index contributed by atoms with van der Waals surface area (Å²) in [7, 11) is 0. The van der Waals surface area contributed by atoms with E-state index in [4.69, 9.17) is 11.6 Å². The van der Waals surface area contributed by atoms with Gasteiger partial charge in [-0.1, -0.05) is 59.3 Å². The van der Waals surface area contributed by atoms with Gasteiger partial charge in [-0.2, -0.15) is 4.68 Å². The maximum atomic E-state index is 14.2. The van der Waals surface area contributed by atoms with E-state index in [-0.39, 0.29) is 5.91 Å². The van der Waals surface area contributed by atoms with Crippen molar-refractivity contribution in [2.75, 3.05) is 9.80 Å². The first-order valence-corrected chi connectivity index (χ1v) is 12.0. The molecule has 4 atom stereocenters. The number of aromatic nitrogens is 3. The van der Waals surface area contributed by atoms with Crippen LogP contribution in [-0.4, -0.2) is 44.8 Å². The Labute approximate surface area is 210 Å². The van der Waals surface area contributed by atoms with E-state index in [2.05, 4.69) is 10.3 Å². The van der Waals surface area contributed by atoms with Gasteiger partial charge in [-0.3, -0.25) is 14.4 Å². The molecule has 176 valence electrons. The van der Waals surface area contributed by atoms with Crippen molar-refractivity contribution >= 4 is 57.8 Å². The molecule has 0 radical (unpaired) electrons. The number of anilines is 2. The van der Waals surface area contributed by atoms with E-state index in [0.717, 1.165) is 11.3 Å². The monoisotopic (exact) mass is 495 g/mol. The van der Waals surface area contributed by atoms with Crippen molar-refractivity contribution < 1.29 is 14.4 Å². The Balaban J connectivity index is 1.39. The van der Waals surface area contributed by atoms with Gasteiger partial charge in [0.2, 0.25) is 11.8 Å². The number of benzene rings is 3. The highest BCUT2D eigenvalue weighted by Crippen LogP contribution is 2.49. The van der Waals surface area contributed by atoms with Crippen molar-refractivity contribution in [3.63, 3.8) is 0 Å². The van der Waals surface area contributed by atoms with E-state index >= 15 is 0 Å². The Morgan fingerprint density at radius 3 is 2.42 bits per heavy atom. The number of hydrogen-bond donors (Lipinski definition) is 0. The zero-order valence-corrected chi connectivity index (χ0v) is 19.5. The number of hydrogen-bond acceptors (Lipinski definition) is 6. The summed E-state index contributed by atoms with van der Waals surface area (Å²) in [6.45, 7) is 0. The summed E-state index contributed by atoms with van der Waals surface area (Å²) < 4.78 is 1.25. The molecule has 0 N–H and O–H groups in total. The van der Waals surface area contributed by atoms with Crippen LogP contribution in [0.2, 0.25) is 5.02 Å². The molecule has 2 saturated heterocycles. The van der Waals surface area contributed by atoms with Gasteiger partial charge >= 0.3 is 0 Å². The molecule has 0 spiro atoms. The van der Waals surface area contributed by atoms with Crippen LogP contribution in [0.3, 0.4) is 0 Å². The minimum absolute atomic E-state index is 0.329. The predicted octanol–water partition coefficient (Wildman–Crippen LogP) is 3.81. The maximum absolute atomic E-state index is 14.2. The Morgan fingerprint density at radius 2 is 1.58 bits per heavy atom. The molecule has 2 amide bonds. The van der Waals surface area contributed by atoms with Crippen LogP contribution in [0.5, 0.6) is 0 Å². The fraction of sp³-hybridized carbons (Fsp3) is 0.148. The van der Waals surface area contributed by atoms with Crippen LogP contribution < -0.4 is 9.80 Å². The van der Waals surface area contributed by atoms with Gasteiger partial charge in [0.15, 0.2) is 0 Å². The molecule has 9 heteroatoms. The van der Waals surface area contributed by atoms with Crippen LogP contribution >= 0.6 is 11.6 Å². The van der Waals surface area contributed by atoms with Crippen LogP contribution in [0, 0.1) is 11.8 Å². The molecule has 36 heavy (non-hydrogen) atoms. The molecule has 0 saturated carbocycles. The number of nitrogens with zero attached hydrogens (tertiary/aromatic N) is 5. The van der Waals surface area contributed by atoms with Crippen molar-refractivity contribution in [2.24, 2.45) is 11.8 Å². The normalized spacial score (nSPS) is 24.2. The standard InChI is InChI=1S/C27H18ClN5O3/c28-16-10-12-17(13-11-16)31-25(34)22-21-14-9-15-5-1-3-7-19(15)32(21)24(23(22)26(31)35)27(36)33-20-8-4-2-6-18(20)29-30-33/h1-14,21-24H/t21-,22+,23-,24-/m0/s1. The zero-order chi connectivity index (χ0) is 24.6. The first kappa shape index (κ1) is 21.0. The van der Waals surface area contributed by atoms with Gasteiger partial charge in [-0.25, -0.2) is 4.90 Å². The Morgan fingerprint density at radius 1 is 0.861 bits per heavy atom. The molecule has 3 aromatic carbocycles. The number of imide groups is 1. The smallest absolute Gasteiger partial charge is 0.272 e. The quantitative estimate of drug-likeness (QED) is 0.393. The third-order valence-electron chi connectivity index (χ3n) is 7.31. The predicted molar refractivity (Wildman–Crippen MR) is 135 cm³/mol. The molecule has 4 heterocycles. The molecule has 8 nitrogen and oxygen atoms in total. The number of amides is 2. The lowest BCUT2D eigenvalue weighted by molar-refractivity contribution is -0.122. The first-order valence-electron chi connectivity index (χ1n) is 11.6. The fourth-order valence-electron chi connectivity index (χ4n) is 5.80. The molecular weight excluding hydrogens is 478 g/mol. The van der Waals surface area contributed by atoms with E-state index in [9.17, 15) is 14.4 Å². The van der Waals surface area contributed by atoms with Crippen LogP contribution in [0.15, 0.2) is 78.9 Å². The van der Waals surface area contributed by atoms with E-state index < -0.39 is 35.7 Å². The molecule has 4 aromatic rings. The Kier molecular flexibility index (Phi) is 4.44. The molecule has 0 aliphatic carbocycles. The van der Waals surface area contributed by atoms with E-state index in [0.29, 0.717) is 21.7 Å². The highest BCUT2D eigenvalue weighted by molar-refractivity contribution is 6.31. The summed E-state index contributed by atoms with van der Waals surface area (Å²) in [6.07, 6.45) is 3.87. The zero-order valence-electron chi connectivity index (χ0n) is 18.7. The van der Waals surface area contributed by atoms with Gasteiger partial charge in [0.25, 0.3) is 5.91 Å². The third-order valence-corrected chi connectivity index (χ3v) is 7.57. The van der Waals surface area contributed by atoms with Crippen LogP contribution in [0.4, 0.5) is 11.4 Å². The van der Waals surface area contributed by atoms with Crippen molar-refractivity contribution in [3.05, 3.63) is 89.5 Å². The average molecular weight is 496 g/mol. The van der Waals surface area contributed by atoms with Crippen LogP contribution in [0.1, 0.15) is 10.4 Å². The molecule has 3 aliphatic heterocycles. The molecule has 0 bridgehead atoms. The number of halogens is 1. The van der Waals surface area contributed by atoms with E-state index in [1.807, 2.05) is 47.4 Å². The largest absolute Gasteiger partial charge is 0.351 e. The second-order valence-electron chi connectivity index (χ2n) is 9.13. The lowest BCUT2D eigenvalue weighted by Gasteiger charge is -2.36. The van der Waals surface area contributed by atoms with Crippen LogP contribution in [-0.2, 0) is 9.59 Å². The second-order valence-corrected chi connectivity index (χ2v) is 9.57. The first-order chi connectivity index (χ1) is 17.5. The Hall–Kier alpha value is -4.30. The lowest BCUT2D eigenvalue weighted by atomic mass is 9.88. The van der Waals surface area contributed by atoms with Gasteiger partial charge in [0.05, 0.1) is 29.1 Å². The fourth-order valence-corrected chi connectivity index (χ4v) is 5.92. The molecule has 2 fully saturated rings. The third kappa shape index (κ3) is 2.79. The van der Waals surface area contributed by atoms with Crippen molar-refractivity contribution in [1.82, 2.24) is 15.0 Å². The number of rotatable bonds is 2. The summed E-state index contributed by atoms with van der Waals surface area (Å²) in [4.78, 5) is 45.0. The number of carbonyl (C=O) groups excluding carboxylic acids is 3. The Bertz CT molecular complexity index is 1610. The average Bonchev–Trinajstić information content (AvgIpc) is 3.56. The maximum Gasteiger partial charge on any atom is 0.272 e. The van der Waals surface area contributed by atoms with Crippen molar-refractivity contribution in [1.29, 1.82) is 0 Å². The summed E-state index contributed by atoms with van der Waals surface area (Å²) >= 11 is 6.03. The topological polar surface area (TPSA) is 88.4 Å². The van der Waals surface area contributed by atoms with Gasteiger partial charge in [0.1, 0.15) is 11.6 Å². The summed E-state index contributed by atoms with van der Waals surface area (Å²) in [5.74, 6) is -2.74. The summed E-state index contributed by atoms with van der Waals surface area (Å²) in [6, 6.07) is 20.0. The molecule has 1 aromatic heterocycles. The lowest BCUT2D eigenvalue weighted by Crippen LogP contribution is -2.50. The molecule has 7 rings (SSSR count). The summed E-state index contributed by atoms with van der Waals surface area (Å²) in [5, 5.41) is 8.76. The molecular formula is C27H18ClN5O3. The minimum Gasteiger partial charge on any atom is -0.351 e. The van der Waals surface area contributed by atoms with Crippen LogP contribution in [0.25, 0.3) is 17.1 Å². The SMILES string of the molecule is O=C1[C@H]2[C@H](C(=O)N1c1ccc(Cl)cc1)[C@@H]1C=Cc3ccccc3N1[C@@H]2C(=O)n1nnc2ccccc21. The van der Waals surface area contributed by atoms with Crippen molar-refractivity contribution in [2.45, 2.75) is 12.1 Å².